The summed E-state index contributed by atoms with van der Waals surface area (Å²) in [6.07, 6.45) is 1.15. The highest BCUT2D eigenvalue weighted by atomic mass is 32.2. The van der Waals surface area contributed by atoms with Gasteiger partial charge in [-0.2, -0.15) is 9.04 Å². The largest absolute Gasteiger partial charge is 0.618 e. The molecular formula is C19H23N3O6S. The van der Waals surface area contributed by atoms with Crippen molar-refractivity contribution in [1.82, 2.24) is 9.62 Å². The molecule has 0 fully saturated rings. The minimum atomic E-state index is -3.54. The van der Waals surface area contributed by atoms with E-state index in [0.717, 1.165) is 6.20 Å². The average Bonchev–Trinajstić information content (AvgIpc) is 2.71. The molecule has 0 spiro atoms. The van der Waals surface area contributed by atoms with Gasteiger partial charge >= 0.3 is 11.7 Å². The first-order valence-corrected chi connectivity index (χ1v) is 10.4. The number of sulfonamides is 1. The lowest BCUT2D eigenvalue weighted by atomic mass is 10.2. The van der Waals surface area contributed by atoms with Crippen LogP contribution in [0.4, 0.5) is 0 Å². The minimum Gasteiger partial charge on any atom is -0.618 e. The Hall–Kier alpha value is -2.98. The van der Waals surface area contributed by atoms with Crippen molar-refractivity contribution in [2.75, 3.05) is 19.7 Å². The van der Waals surface area contributed by atoms with Crippen LogP contribution in [0.3, 0.4) is 0 Å². The fourth-order valence-corrected chi connectivity index (χ4v) is 3.99. The summed E-state index contributed by atoms with van der Waals surface area (Å²) in [6, 6.07) is 10.4. The Balaban J connectivity index is 1.88. The number of ether oxygens (including phenoxy) is 1. The zero-order chi connectivity index (χ0) is 21.4. The van der Waals surface area contributed by atoms with Crippen LogP contribution in [0.15, 0.2) is 53.6 Å². The molecule has 2 aromatic rings. The molecule has 0 unspecified atom stereocenters. The lowest BCUT2D eigenvalue weighted by molar-refractivity contribution is -0.608. The van der Waals surface area contributed by atoms with Crippen molar-refractivity contribution >= 4 is 21.9 Å². The van der Waals surface area contributed by atoms with E-state index in [1.165, 1.54) is 34.6 Å². The van der Waals surface area contributed by atoms with Crippen LogP contribution in [0.1, 0.15) is 29.9 Å². The van der Waals surface area contributed by atoms with Crippen molar-refractivity contribution in [3.63, 3.8) is 0 Å². The second-order valence-corrected chi connectivity index (χ2v) is 7.94. The highest BCUT2D eigenvalue weighted by molar-refractivity contribution is 7.89. The third kappa shape index (κ3) is 5.75. The Kier molecular flexibility index (Phi) is 7.68. The molecule has 10 heteroatoms. The first kappa shape index (κ1) is 22.3. The number of aromatic nitrogens is 1. The molecule has 1 amide bonds. The number of benzene rings is 1. The molecule has 0 saturated heterocycles. The van der Waals surface area contributed by atoms with Crippen molar-refractivity contribution in [2.24, 2.45) is 0 Å². The monoisotopic (exact) mass is 421 g/mol. The Labute approximate surface area is 169 Å². The molecule has 0 radical (unpaired) electrons. The van der Waals surface area contributed by atoms with Crippen LogP contribution >= 0.6 is 0 Å². The molecule has 0 aliphatic heterocycles. The number of hydrogen-bond donors (Lipinski definition) is 1. The van der Waals surface area contributed by atoms with Gasteiger partial charge in [-0.1, -0.05) is 26.0 Å². The lowest BCUT2D eigenvalue weighted by Crippen LogP contribution is -2.36. The predicted octanol–water partition coefficient (Wildman–Crippen LogP) is 0.824. The van der Waals surface area contributed by atoms with Gasteiger partial charge < -0.3 is 15.3 Å². The molecule has 1 N–H and O–H groups in total. The molecule has 0 aliphatic carbocycles. The quantitative estimate of drug-likeness (QED) is 0.364. The van der Waals surface area contributed by atoms with Crippen molar-refractivity contribution < 1.29 is 27.5 Å². The van der Waals surface area contributed by atoms with E-state index < -0.39 is 28.5 Å². The summed E-state index contributed by atoms with van der Waals surface area (Å²) in [5.74, 6) is -1.45. The number of carbonyl (C=O) groups is 2. The summed E-state index contributed by atoms with van der Waals surface area (Å²) < 4.78 is 31.4. The van der Waals surface area contributed by atoms with Crippen LogP contribution in [0.5, 0.6) is 0 Å². The van der Waals surface area contributed by atoms with Crippen molar-refractivity contribution in [3.8, 4) is 0 Å². The van der Waals surface area contributed by atoms with Gasteiger partial charge in [0.15, 0.2) is 12.8 Å². The van der Waals surface area contributed by atoms with Crippen LogP contribution in [0.25, 0.3) is 0 Å². The van der Waals surface area contributed by atoms with E-state index in [1.54, 1.807) is 26.0 Å². The van der Waals surface area contributed by atoms with Gasteiger partial charge in [0, 0.05) is 31.8 Å². The average molecular weight is 421 g/mol. The Bertz CT molecular complexity index is 956. The second kappa shape index (κ2) is 9.99. The van der Waals surface area contributed by atoms with Crippen molar-refractivity contribution in [3.05, 3.63) is 65.1 Å². The van der Waals surface area contributed by atoms with E-state index >= 15 is 0 Å². The Morgan fingerprint density at radius 1 is 1.10 bits per heavy atom. The molecule has 1 heterocycles. The molecule has 156 valence electrons. The predicted molar refractivity (Wildman–Crippen MR) is 104 cm³/mol. The van der Waals surface area contributed by atoms with Crippen LogP contribution in [0, 0.1) is 5.21 Å². The third-order valence-electron chi connectivity index (χ3n) is 4.12. The molecule has 29 heavy (non-hydrogen) atoms. The highest BCUT2D eigenvalue weighted by Gasteiger charge is 2.21. The fourth-order valence-electron chi connectivity index (χ4n) is 2.53. The number of pyridine rings is 1. The molecule has 1 aromatic carbocycles. The topological polar surface area (TPSA) is 120 Å². The smallest absolute Gasteiger partial charge is 0.405 e. The lowest BCUT2D eigenvalue weighted by Gasteiger charge is -2.18. The molecule has 0 atom stereocenters. The third-order valence-corrected chi connectivity index (χ3v) is 6.19. The Morgan fingerprint density at radius 3 is 2.34 bits per heavy atom. The van der Waals surface area contributed by atoms with Crippen LogP contribution in [-0.4, -0.2) is 44.3 Å². The molecule has 2 rings (SSSR count). The van der Waals surface area contributed by atoms with Crippen LogP contribution in [0.2, 0.25) is 0 Å². The normalized spacial score (nSPS) is 11.3. The fraction of sp³-hybridized carbons (Fsp3) is 0.316. The molecule has 0 saturated carbocycles. The molecule has 0 aliphatic rings. The van der Waals surface area contributed by atoms with Crippen LogP contribution < -0.4 is 10.0 Å². The molecule has 9 nitrogen and oxygen atoms in total. The van der Waals surface area contributed by atoms with Crippen LogP contribution in [-0.2, 0) is 26.1 Å². The summed E-state index contributed by atoms with van der Waals surface area (Å²) in [7, 11) is -3.54. The van der Waals surface area contributed by atoms with E-state index in [2.05, 4.69) is 5.32 Å². The molecule has 0 bridgehead atoms. The summed E-state index contributed by atoms with van der Waals surface area (Å²) in [5.41, 5.74) is 0.467. The van der Waals surface area contributed by atoms with Crippen molar-refractivity contribution in [2.45, 2.75) is 25.3 Å². The number of rotatable bonds is 9. The first-order valence-electron chi connectivity index (χ1n) is 9.00. The number of amides is 1. The van der Waals surface area contributed by atoms with Gasteiger partial charge in [0.25, 0.3) is 5.91 Å². The van der Waals surface area contributed by atoms with Gasteiger partial charge in [-0.25, -0.2) is 13.2 Å². The van der Waals surface area contributed by atoms with Gasteiger partial charge in [-0.3, -0.25) is 4.79 Å². The van der Waals surface area contributed by atoms with Gasteiger partial charge in [-0.05, 0) is 23.8 Å². The number of hydrogen-bond acceptors (Lipinski definition) is 6. The van der Waals surface area contributed by atoms with E-state index in [0.29, 0.717) is 23.4 Å². The first-order chi connectivity index (χ1) is 13.8. The SMILES string of the molecule is CCN(CC)S(=O)(=O)c1ccc(CNC(=O)COC(=O)c2cccc[n+]2[O-])cc1. The van der Waals surface area contributed by atoms with Crippen molar-refractivity contribution in [1.29, 1.82) is 0 Å². The molecule has 1 aromatic heterocycles. The summed E-state index contributed by atoms with van der Waals surface area (Å²) >= 11 is 0. The summed E-state index contributed by atoms with van der Waals surface area (Å²) in [5, 5.41) is 14.0. The number of nitrogens with zero attached hydrogens (tertiary/aromatic N) is 2. The summed E-state index contributed by atoms with van der Waals surface area (Å²) in [4.78, 5) is 23.8. The highest BCUT2D eigenvalue weighted by Crippen LogP contribution is 2.16. The Morgan fingerprint density at radius 2 is 1.76 bits per heavy atom. The van der Waals surface area contributed by atoms with E-state index in [1.807, 2.05) is 0 Å². The minimum absolute atomic E-state index is 0.134. The maximum atomic E-state index is 12.4. The van der Waals surface area contributed by atoms with E-state index in [9.17, 15) is 23.2 Å². The number of carbonyl (C=O) groups excluding carboxylic acids is 2. The molecular weight excluding hydrogens is 398 g/mol. The maximum Gasteiger partial charge on any atom is 0.405 e. The second-order valence-electron chi connectivity index (χ2n) is 6.00. The zero-order valence-electron chi connectivity index (χ0n) is 16.2. The van der Waals surface area contributed by atoms with E-state index in [4.69, 9.17) is 4.74 Å². The van der Waals surface area contributed by atoms with Gasteiger partial charge in [0.2, 0.25) is 10.0 Å². The van der Waals surface area contributed by atoms with Gasteiger partial charge in [0.1, 0.15) is 0 Å². The standard InChI is InChI=1S/C19H23N3O6S/c1-3-21(4-2)29(26,27)16-10-8-15(9-11-16)13-20-18(23)14-28-19(24)17-7-5-6-12-22(17)25/h5-12H,3-4,13-14H2,1-2H3,(H,20,23). The number of nitrogens with one attached hydrogen (secondary N) is 1. The van der Waals surface area contributed by atoms with Gasteiger partial charge in [-0.15, -0.1) is 0 Å². The number of esters is 1. The van der Waals surface area contributed by atoms with Gasteiger partial charge in [0.05, 0.1) is 4.90 Å². The maximum absolute atomic E-state index is 12.4. The zero-order valence-corrected chi connectivity index (χ0v) is 17.0. The van der Waals surface area contributed by atoms with E-state index in [-0.39, 0.29) is 17.1 Å². The summed E-state index contributed by atoms with van der Waals surface area (Å²) in [6.45, 7) is 3.89.